The van der Waals surface area contributed by atoms with Gasteiger partial charge in [0.2, 0.25) is 5.91 Å². The van der Waals surface area contributed by atoms with Gasteiger partial charge in [-0.3, -0.25) is 9.59 Å². The lowest BCUT2D eigenvalue weighted by Gasteiger charge is -2.44. The maximum atomic E-state index is 13.4. The summed E-state index contributed by atoms with van der Waals surface area (Å²) < 4.78 is 0. The van der Waals surface area contributed by atoms with Crippen LogP contribution in [0.5, 0.6) is 0 Å². The van der Waals surface area contributed by atoms with Gasteiger partial charge in [-0.1, -0.05) is 38.5 Å². The number of ketones is 1. The number of nitrogens with two attached hydrogens (primary N) is 1. The number of hydrogen-bond donors (Lipinski definition) is 1. The quantitative estimate of drug-likeness (QED) is 0.868. The van der Waals surface area contributed by atoms with Crippen molar-refractivity contribution in [3.8, 4) is 0 Å². The number of aromatic nitrogens is 1. The third kappa shape index (κ3) is 2.67. The molecule has 0 saturated heterocycles. The first-order valence-corrected chi connectivity index (χ1v) is 10.3. The average molecular weight is 381 g/mol. The van der Waals surface area contributed by atoms with E-state index >= 15 is 0 Å². The smallest absolute Gasteiger partial charge is 0.248 e. The molecule has 4 rings (SSSR count). The van der Waals surface area contributed by atoms with E-state index in [1.54, 1.807) is 17.4 Å². The predicted octanol–water partition coefficient (Wildman–Crippen LogP) is 4.18. The number of carbonyl (C=O) groups is 2. The van der Waals surface area contributed by atoms with Crippen LogP contribution in [0, 0.1) is 5.41 Å². The topological polar surface area (TPSA) is 73.1 Å². The number of benzene rings is 1. The van der Waals surface area contributed by atoms with E-state index in [9.17, 15) is 9.59 Å². The Morgan fingerprint density at radius 1 is 1.30 bits per heavy atom. The molecule has 140 valence electrons. The van der Waals surface area contributed by atoms with E-state index < -0.39 is 11.3 Å². The first-order valence-electron chi connectivity index (χ1n) is 9.37. The Labute approximate surface area is 163 Å². The van der Waals surface area contributed by atoms with Crippen molar-refractivity contribution in [1.82, 2.24) is 4.98 Å². The van der Waals surface area contributed by atoms with Gasteiger partial charge in [0.25, 0.3) is 0 Å². The molecule has 27 heavy (non-hydrogen) atoms. The number of hydrogen-bond acceptors (Lipinski definition) is 4. The van der Waals surface area contributed by atoms with Crippen LogP contribution in [0.2, 0.25) is 0 Å². The molecule has 1 unspecified atom stereocenters. The third-order valence-electron chi connectivity index (χ3n) is 5.97. The van der Waals surface area contributed by atoms with Gasteiger partial charge < -0.3 is 5.73 Å². The minimum Gasteiger partial charge on any atom is -0.366 e. The Hall–Kier alpha value is -2.27. The van der Waals surface area contributed by atoms with Crippen molar-refractivity contribution in [2.75, 3.05) is 0 Å². The van der Waals surface area contributed by atoms with Crippen LogP contribution in [0.25, 0.3) is 0 Å². The summed E-state index contributed by atoms with van der Waals surface area (Å²) in [6, 6.07) is 7.47. The summed E-state index contributed by atoms with van der Waals surface area (Å²) >= 11 is 1.61. The van der Waals surface area contributed by atoms with Crippen LogP contribution in [-0.2, 0) is 16.6 Å². The minimum absolute atomic E-state index is 0.0298. The maximum Gasteiger partial charge on any atom is 0.248 e. The normalized spacial score (nSPS) is 23.7. The molecule has 1 aromatic heterocycles. The fraction of sp³-hybridized carbons (Fsp3) is 0.409. The zero-order chi connectivity index (χ0) is 19.4. The van der Waals surface area contributed by atoms with Gasteiger partial charge in [-0.25, -0.2) is 4.98 Å². The Morgan fingerprint density at radius 3 is 2.78 bits per heavy atom. The van der Waals surface area contributed by atoms with Gasteiger partial charge in [-0.15, -0.1) is 11.3 Å². The molecule has 2 aliphatic rings. The van der Waals surface area contributed by atoms with Gasteiger partial charge in [-0.05, 0) is 36.0 Å². The Morgan fingerprint density at radius 2 is 2.07 bits per heavy atom. The number of nitrogens with zero attached hydrogens (tertiary/aromatic N) is 1. The molecule has 1 aromatic carbocycles. The first-order chi connectivity index (χ1) is 12.8. The molecule has 0 bridgehead atoms. The standard InChI is InChI=1S/C22H24N2O2S/c1-4-22(15-7-5-6-13(8-15)20(23)26)18-14(9-16-19(22)27-12-24-16)10-21(2,3)11-17(18)25/h5-8,12H,4,9-11H2,1-3H3,(H2,23,26). The van der Waals surface area contributed by atoms with Crippen molar-refractivity contribution in [3.05, 3.63) is 62.6 Å². The molecule has 5 heteroatoms. The third-order valence-corrected chi connectivity index (χ3v) is 7.00. The lowest BCUT2D eigenvalue weighted by atomic mass is 9.58. The van der Waals surface area contributed by atoms with Crippen LogP contribution in [0.3, 0.4) is 0 Å². The first kappa shape index (κ1) is 18.1. The van der Waals surface area contributed by atoms with E-state index in [1.807, 2.05) is 23.7 Å². The van der Waals surface area contributed by atoms with Crippen LogP contribution >= 0.6 is 11.3 Å². The fourth-order valence-electron chi connectivity index (χ4n) is 4.95. The van der Waals surface area contributed by atoms with Crippen LogP contribution in [0.1, 0.15) is 66.5 Å². The molecule has 4 nitrogen and oxygen atoms in total. The molecule has 2 aromatic rings. The molecule has 1 amide bonds. The van der Waals surface area contributed by atoms with E-state index in [2.05, 4.69) is 25.8 Å². The van der Waals surface area contributed by atoms with Gasteiger partial charge in [0, 0.05) is 28.9 Å². The van der Waals surface area contributed by atoms with Gasteiger partial charge in [0.1, 0.15) is 0 Å². The molecule has 0 saturated carbocycles. The highest BCUT2D eigenvalue weighted by Gasteiger charge is 2.50. The predicted molar refractivity (Wildman–Crippen MR) is 107 cm³/mol. The molecular formula is C22H24N2O2S. The Kier molecular flexibility index (Phi) is 4.11. The summed E-state index contributed by atoms with van der Waals surface area (Å²) in [6.45, 7) is 6.43. The summed E-state index contributed by atoms with van der Waals surface area (Å²) in [5.74, 6) is -0.222. The van der Waals surface area contributed by atoms with Gasteiger partial charge in [-0.2, -0.15) is 0 Å². The summed E-state index contributed by atoms with van der Waals surface area (Å²) in [5.41, 5.74) is 11.5. The second kappa shape index (κ2) is 6.13. The maximum absolute atomic E-state index is 13.4. The Bertz CT molecular complexity index is 986. The van der Waals surface area contributed by atoms with Gasteiger partial charge in [0.15, 0.2) is 5.78 Å². The number of thiazole rings is 1. The second-order valence-corrected chi connectivity index (χ2v) is 9.28. The summed E-state index contributed by atoms with van der Waals surface area (Å²) in [4.78, 5) is 30.9. The Balaban J connectivity index is 2.02. The lowest BCUT2D eigenvalue weighted by molar-refractivity contribution is -0.118. The fourth-order valence-corrected chi connectivity index (χ4v) is 6.06. The van der Waals surface area contributed by atoms with Gasteiger partial charge >= 0.3 is 0 Å². The van der Waals surface area contributed by atoms with Crippen molar-refractivity contribution >= 4 is 23.0 Å². The minimum atomic E-state index is -0.539. The van der Waals surface area contributed by atoms with Crippen molar-refractivity contribution in [3.63, 3.8) is 0 Å². The molecule has 1 heterocycles. The van der Waals surface area contributed by atoms with Crippen molar-refractivity contribution < 1.29 is 9.59 Å². The van der Waals surface area contributed by atoms with Crippen LogP contribution in [0.4, 0.5) is 0 Å². The highest BCUT2D eigenvalue weighted by Crippen LogP contribution is 2.54. The van der Waals surface area contributed by atoms with E-state index in [4.69, 9.17) is 5.73 Å². The number of allylic oxidation sites excluding steroid dienone is 2. The second-order valence-electron chi connectivity index (χ2n) is 8.43. The molecular weight excluding hydrogens is 356 g/mol. The molecule has 2 N–H and O–H groups in total. The molecule has 0 fully saturated rings. The largest absolute Gasteiger partial charge is 0.366 e. The highest BCUT2D eigenvalue weighted by atomic mass is 32.1. The average Bonchev–Trinajstić information content (AvgIpc) is 3.07. The van der Waals surface area contributed by atoms with E-state index in [-0.39, 0.29) is 11.2 Å². The van der Waals surface area contributed by atoms with Crippen LogP contribution < -0.4 is 5.73 Å². The molecule has 0 radical (unpaired) electrons. The van der Waals surface area contributed by atoms with E-state index in [0.717, 1.165) is 41.0 Å². The number of fused-ring (bicyclic) bond motifs is 1. The molecule has 1 atom stereocenters. The number of primary amides is 1. The zero-order valence-electron chi connectivity index (χ0n) is 16.0. The van der Waals surface area contributed by atoms with Crippen molar-refractivity contribution in [2.45, 2.75) is 51.9 Å². The number of carbonyl (C=O) groups excluding carboxylic acids is 2. The molecule has 0 spiro atoms. The van der Waals surface area contributed by atoms with Crippen LogP contribution in [0.15, 0.2) is 40.9 Å². The molecule has 0 aliphatic heterocycles. The van der Waals surface area contributed by atoms with Gasteiger partial charge in [0.05, 0.1) is 16.6 Å². The number of rotatable bonds is 3. The number of Topliss-reactive ketones (excluding diaryl/α,β-unsaturated/α-hetero) is 1. The summed E-state index contributed by atoms with van der Waals surface area (Å²) in [7, 11) is 0. The van der Waals surface area contributed by atoms with Crippen molar-refractivity contribution in [1.29, 1.82) is 0 Å². The van der Waals surface area contributed by atoms with E-state index in [0.29, 0.717) is 12.0 Å². The molecule has 2 aliphatic carbocycles. The summed E-state index contributed by atoms with van der Waals surface area (Å²) in [6.07, 6.45) is 2.95. The van der Waals surface area contributed by atoms with Crippen LogP contribution in [-0.4, -0.2) is 16.7 Å². The monoisotopic (exact) mass is 380 g/mol. The summed E-state index contributed by atoms with van der Waals surface area (Å²) in [5, 5.41) is 0. The number of amides is 1. The van der Waals surface area contributed by atoms with Crippen molar-refractivity contribution in [2.24, 2.45) is 11.1 Å². The zero-order valence-corrected chi connectivity index (χ0v) is 16.8. The highest BCUT2D eigenvalue weighted by molar-refractivity contribution is 7.10. The van der Waals surface area contributed by atoms with E-state index in [1.165, 1.54) is 5.57 Å². The SMILES string of the molecule is CCC1(c2cccc(C(N)=O)c2)C2=C(Cc3ncsc31)CC(C)(C)CC2=O. The lowest BCUT2D eigenvalue weighted by Crippen LogP contribution is -2.42.